The first-order valence-electron chi connectivity index (χ1n) is 6.69. The van der Waals surface area contributed by atoms with E-state index >= 15 is 0 Å². The Morgan fingerprint density at radius 2 is 2.29 bits per heavy atom. The lowest BCUT2D eigenvalue weighted by Gasteiger charge is -2.16. The molecule has 1 amide bonds. The number of aromatic nitrogens is 1. The van der Waals surface area contributed by atoms with Crippen LogP contribution < -0.4 is 5.32 Å². The minimum Gasteiger partial charge on any atom is -0.481 e. The number of carbonyl (C=O) groups excluding carboxylic acids is 1. The summed E-state index contributed by atoms with van der Waals surface area (Å²) in [5, 5.41) is 17.5. The van der Waals surface area contributed by atoms with E-state index in [0.29, 0.717) is 18.6 Å². The van der Waals surface area contributed by atoms with Gasteiger partial charge in [-0.15, -0.1) is 11.3 Å². The zero-order chi connectivity index (χ0) is 14.8. The number of thiophene rings is 1. The van der Waals surface area contributed by atoms with Crippen molar-refractivity contribution in [3.8, 4) is 10.6 Å². The number of hydrogen-bond donors (Lipinski definition) is 2. The summed E-state index contributed by atoms with van der Waals surface area (Å²) in [4.78, 5) is 24.1. The Labute approximate surface area is 124 Å². The predicted octanol–water partition coefficient (Wildman–Crippen LogP) is 2.39. The minimum absolute atomic E-state index is 0.175. The van der Waals surface area contributed by atoms with Gasteiger partial charge in [-0.05, 0) is 24.3 Å². The largest absolute Gasteiger partial charge is 0.481 e. The lowest BCUT2D eigenvalue weighted by Crippen LogP contribution is -2.40. The molecule has 0 aromatic carbocycles. The third kappa shape index (κ3) is 2.82. The number of carboxylic acids is 1. The zero-order valence-corrected chi connectivity index (χ0v) is 11.9. The number of amides is 1. The monoisotopic (exact) mass is 306 g/mol. The van der Waals surface area contributed by atoms with E-state index in [-0.39, 0.29) is 17.6 Å². The second-order valence-electron chi connectivity index (χ2n) is 5.01. The summed E-state index contributed by atoms with van der Waals surface area (Å²) in [5.74, 6) is -1.23. The van der Waals surface area contributed by atoms with Crippen molar-refractivity contribution in [1.82, 2.24) is 10.5 Å². The second-order valence-corrected chi connectivity index (χ2v) is 5.96. The number of aliphatic carboxylic acids is 1. The molecule has 1 aliphatic rings. The Kier molecular flexibility index (Phi) is 3.74. The SMILES string of the molecule is O=C(NC1CCCC1C(=O)O)c1cc(-c2cccs2)on1. The fourth-order valence-electron chi connectivity index (χ4n) is 2.59. The van der Waals surface area contributed by atoms with Gasteiger partial charge >= 0.3 is 5.97 Å². The van der Waals surface area contributed by atoms with E-state index < -0.39 is 11.9 Å². The van der Waals surface area contributed by atoms with E-state index in [1.807, 2.05) is 17.5 Å². The minimum atomic E-state index is -0.864. The molecular formula is C14H14N2O4S. The Balaban J connectivity index is 1.70. The van der Waals surface area contributed by atoms with Gasteiger partial charge in [0.05, 0.1) is 10.8 Å². The molecule has 1 aliphatic carbocycles. The molecule has 3 rings (SSSR count). The van der Waals surface area contributed by atoms with Crippen LogP contribution in [0.5, 0.6) is 0 Å². The summed E-state index contributed by atoms with van der Waals surface area (Å²) in [7, 11) is 0. The molecule has 0 saturated heterocycles. The average Bonchev–Trinajstić information content (AvgIpc) is 3.19. The van der Waals surface area contributed by atoms with Crippen LogP contribution in [0.25, 0.3) is 10.6 Å². The third-order valence-corrected chi connectivity index (χ3v) is 4.54. The van der Waals surface area contributed by atoms with Crippen molar-refractivity contribution in [3.63, 3.8) is 0 Å². The van der Waals surface area contributed by atoms with E-state index in [1.165, 1.54) is 11.3 Å². The van der Waals surface area contributed by atoms with Crippen LogP contribution in [0.1, 0.15) is 29.8 Å². The summed E-state index contributed by atoms with van der Waals surface area (Å²) in [6.45, 7) is 0. The van der Waals surface area contributed by atoms with Gasteiger partial charge in [-0.1, -0.05) is 17.6 Å². The maximum Gasteiger partial charge on any atom is 0.308 e. The van der Waals surface area contributed by atoms with E-state index in [4.69, 9.17) is 9.63 Å². The Hall–Kier alpha value is -2.15. The highest BCUT2D eigenvalue weighted by Crippen LogP contribution is 2.27. The number of nitrogens with one attached hydrogen (secondary N) is 1. The highest BCUT2D eigenvalue weighted by molar-refractivity contribution is 7.13. The Morgan fingerprint density at radius 1 is 1.43 bits per heavy atom. The highest BCUT2D eigenvalue weighted by Gasteiger charge is 2.34. The van der Waals surface area contributed by atoms with E-state index in [9.17, 15) is 9.59 Å². The first-order chi connectivity index (χ1) is 10.1. The summed E-state index contributed by atoms with van der Waals surface area (Å²) < 4.78 is 5.15. The molecule has 2 N–H and O–H groups in total. The molecule has 0 aliphatic heterocycles. The summed E-state index contributed by atoms with van der Waals surface area (Å²) in [5.41, 5.74) is 0.175. The molecule has 1 fully saturated rings. The lowest BCUT2D eigenvalue weighted by molar-refractivity contribution is -0.142. The molecule has 21 heavy (non-hydrogen) atoms. The molecule has 1 saturated carbocycles. The van der Waals surface area contributed by atoms with Crippen molar-refractivity contribution in [1.29, 1.82) is 0 Å². The van der Waals surface area contributed by atoms with Gasteiger partial charge in [-0.25, -0.2) is 0 Å². The maximum atomic E-state index is 12.1. The highest BCUT2D eigenvalue weighted by atomic mass is 32.1. The molecule has 2 unspecified atom stereocenters. The van der Waals surface area contributed by atoms with Crippen molar-refractivity contribution in [2.24, 2.45) is 5.92 Å². The van der Waals surface area contributed by atoms with Crippen LogP contribution in [-0.2, 0) is 4.79 Å². The molecule has 2 aromatic rings. The molecule has 0 spiro atoms. The number of carboxylic acid groups (broad SMARTS) is 1. The van der Waals surface area contributed by atoms with Crippen molar-refractivity contribution in [3.05, 3.63) is 29.3 Å². The molecule has 6 nitrogen and oxygen atoms in total. The Bertz CT molecular complexity index is 650. The molecule has 2 atom stereocenters. The van der Waals surface area contributed by atoms with Gasteiger partial charge in [0, 0.05) is 12.1 Å². The van der Waals surface area contributed by atoms with Crippen LogP contribution in [0.3, 0.4) is 0 Å². The summed E-state index contributed by atoms with van der Waals surface area (Å²) in [6.07, 6.45) is 2.08. The van der Waals surface area contributed by atoms with Crippen molar-refractivity contribution >= 4 is 23.2 Å². The first-order valence-corrected chi connectivity index (χ1v) is 7.57. The van der Waals surface area contributed by atoms with Gasteiger partial charge in [0.1, 0.15) is 0 Å². The number of nitrogens with zero attached hydrogens (tertiary/aromatic N) is 1. The zero-order valence-electron chi connectivity index (χ0n) is 11.1. The van der Waals surface area contributed by atoms with Crippen LogP contribution in [0.4, 0.5) is 0 Å². The normalized spacial score (nSPS) is 21.3. The fourth-order valence-corrected chi connectivity index (χ4v) is 3.26. The van der Waals surface area contributed by atoms with Gasteiger partial charge in [0.15, 0.2) is 11.5 Å². The van der Waals surface area contributed by atoms with E-state index in [2.05, 4.69) is 10.5 Å². The predicted molar refractivity (Wildman–Crippen MR) is 76.0 cm³/mol. The summed E-state index contributed by atoms with van der Waals surface area (Å²) >= 11 is 1.50. The number of carbonyl (C=O) groups is 2. The quantitative estimate of drug-likeness (QED) is 0.904. The maximum absolute atomic E-state index is 12.1. The number of hydrogen-bond acceptors (Lipinski definition) is 5. The van der Waals surface area contributed by atoms with Crippen molar-refractivity contribution in [2.75, 3.05) is 0 Å². The fraction of sp³-hybridized carbons (Fsp3) is 0.357. The van der Waals surface area contributed by atoms with Crippen LogP contribution >= 0.6 is 11.3 Å². The summed E-state index contributed by atoms with van der Waals surface area (Å²) in [6, 6.07) is 5.01. The van der Waals surface area contributed by atoms with E-state index in [0.717, 1.165) is 11.3 Å². The van der Waals surface area contributed by atoms with Crippen LogP contribution in [-0.4, -0.2) is 28.2 Å². The van der Waals surface area contributed by atoms with Crippen LogP contribution in [0, 0.1) is 5.92 Å². The van der Waals surface area contributed by atoms with Gasteiger partial charge in [-0.2, -0.15) is 0 Å². The molecule has 110 valence electrons. The molecular weight excluding hydrogens is 292 g/mol. The van der Waals surface area contributed by atoms with E-state index in [1.54, 1.807) is 6.07 Å². The van der Waals surface area contributed by atoms with Crippen LogP contribution in [0.15, 0.2) is 28.1 Å². The average molecular weight is 306 g/mol. The standard InChI is InChI=1S/C14H14N2O4S/c17-13(15-9-4-1-3-8(9)14(18)19)10-7-11(20-16-10)12-5-2-6-21-12/h2,5-9H,1,3-4H2,(H,15,17)(H,18,19). The topological polar surface area (TPSA) is 92.4 Å². The molecule has 2 aromatic heterocycles. The molecule has 2 heterocycles. The Morgan fingerprint density at radius 3 is 3.00 bits per heavy atom. The third-order valence-electron chi connectivity index (χ3n) is 3.66. The van der Waals surface area contributed by atoms with Crippen LogP contribution in [0.2, 0.25) is 0 Å². The second kappa shape index (κ2) is 5.69. The molecule has 7 heteroatoms. The van der Waals surface area contributed by atoms with Crippen molar-refractivity contribution in [2.45, 2.75) is 25.3 Å². The van der Waals surface area contributed by atoms with Gasteiger partial charge < -0.3 is 14.9 Å². The number of rotatable bonds is 4. The molecule has 0 bridgehead atoms. The lowest BCUT2D eigenvalue weighted by atomic mass is 10.0. The smallest absolute Gasteiger partial charge is 0.308 e. The van der Waals surface area contributed by atoms with Gasteiger partial charge in [0.2, 0.25) is 0 Å². The van der Waals surface area contributed by atoms with Gasteiger partial charge in [-0.3, -0.25) is 9.59 Å². The molecule has 0 radical (unpaired) electrons. The van der Waals surface area contributed by atoms with Gasteiger partial charge in [0.25, 0.3) is 5.91 Å². The first kappa shape index (κ1) is 13.8. The van der Waals surface area contributed by atoms with Crippen molar-refractivity contribution < 1.29 is 19.2 Å².